The second-order valence-electron chi connectivity index (χ2n) is 16.3. The van der Waals surface area contributed by atoms with Crippen LogP contribution in [0.1, 0.15) is 17.7 Å². The van der Waals surface area contributed by atoms with Crippen LogP contribution < -0.4 is 30.7 Å². The van der Waals surface area contributed by atoms with Crippen LogP contribution >= 0.6 is 23.2 Å². The summed E-state index contributed by atoms with van der Waals surface area (Å²) >= 11 is 10.5. The number of fused-ring (bicyclic) bond motifs is 2. The first kappa shape index (κ1) is 52.2. The standard InChI is InChI=1S/C28H24ClFN4O4S.C24H25ClFN5O3/c29-24-14-21(5-8-27(24)37-16-18-2-1-3-20(30)12-18)34-28-23-13-19(4-7-25(23)32-17-33-28)26-9-6-22(38-26)15-31-10-11-39(35)36;1-2-23(32)30-21-13-17-20(14-22(21)34-9-3-6-31-7-10-33-11-8-31)27-15-28-24(17)29-16-4-5-19(26)18(25)12-16/h1-9,12-14,17,31H,10-11,15-16H2,(H,35,36)(H,32,33,34);2,4-5,12-15H,1,3,6-11H2,(H,30,32)(H,27,28,29). The van der Waals surface area contributed by atoms with Crippen molar-refractivity contribution in [2.75, 3.05) is 67.7 Å². The number of hydrogen-bond donors (Lipinski definition) is 5. The number of aromatic nitrogens is 4. The van der Waals surface area contributed by atoms with Crippen LogP contribution in [0, 0.1) is 11.6 Å². The third-order valence-corrected chi connectivity index (χ3v) is 12.3. The number of nitrogens with one attached hydrogen (secondary N) is 4. The molecule has 0 bridgehead atoms. The zero-order chi connectivity index (χ0) is 51.1. The molecule has 4 heterocycles. The van der Waals surface area contributed by atoms with E-state index in [0.717, 1.165) is 55.7 Å². The van der Waals surface area contributed by atoms with Crippen molar-refractivity contribution >= 4 is 90.7 Å². The van der Waals surface area contributed by atoms with Gasteiger partial charge < -0.3 is 44.4 Å². The number of furan rings is 1. The molecule has 0 saturated carbocycles. The van der Waals surface area contributed by atoms with Crippen molar-refractivity contribution in [2.24, 2.45) is 0 Å². The van der Waals surface area contributed by atoms with Crippen molar-refractivity contribution in [1.29, 1.82) is 0 Å². The summed E-state index contributed by atoms with van der Waals surface area (Å²) < 4.78 is 69.7. The lowest BCUT2D eigenvalue weighted by molar-refractivity contribution is -0.111. The second kappa shape index (κ2) is 25.5. The molecule has 1 amide bonds. The maximum atomic E-state index is 13.5. The number of hydrogen-bond acceptors (Lipinski definition) is 14. The average molecular weight is 1050 g/mol. The highest BCUT2D eigenvalue weighted by Gasteiger charge is 2.16. The maximum Gasteiger partial charge on any atom is 0.247 e. The minimum atomic E-state index is -1.83. The summed E-state index contributed by atoms with van der Waals surface area (Å²) in [5.74, 6) is 2.40. The van der Waals surface area contributed by atoms with Crippen LogP contribution in [0.15, 0.2) is 133 Å². The molecule has 21 heteroatoms. The molecule has 0 radical (unpaired) electrons. The quantitative estimate of drug-likeness (QED) is 0.0274. The molecular weight excluding hydrogens is 1000 g/mol. The van der Waals surface area contributed by atoms with E-state index in [2.05, 4.69) is 52.7 Å². The summed E-state index contributed by atoms with van der Waals surface area (Å²) in [5.41, 5.74) is 4.66. The molecule has 1 aliphatic rings. The molecule has 378 valence electrons. The van der Waals surface area contributed by atoms with Crippen LogP contribution in [0.2, 0.25) is 10.0 Å². The maximum absolute atomic E-state index is 13.5. The molecule has 0 aliphatic carbocycles. The monoisotopic (exact) mass is 1050 g/mol. The first-order valence-electron chi connectivity index (χ1n) is 22.9. The second-order valence-corrected chi connectivity index (χ2v) is 18.2. The molecule has 9 rings (SSSR count). The summed E-state index contributed by atoms with van der Waals surface area (Å²) in [4.78, 5) is 31.8. The van der Waals surface area contributed by atoms with E-state index in [0.29, 0.717) is 92.9 Å². The van der Waals surface area contributed by atoms with Gasteiger partial charge in [0.05, 0.1) is 58.9 Å². The number of carbonyl (C=O) groups excluding carboxylic acids is 1. The van der Waals surface area contributed by atoms with Gasteiger partial charge in [-0.05, 0) is 103 Å². The van der Waals surface area contributed by atoms with E-state index >= 15 is 0 Å². The Morgan fingerprint density at radius 2 is 1.56 bits per heavy atom. The average Bonchev–Trinajstić information content (AvgIpc) is 3.87. The first-order valence-corrected chi connectivity index (χ1v) is 24.9. The Bertz CT molecular complexity index is 3240. The Morgan fingerprint density at radius 3 is 2.29 bits per heavy atom. The number of amides is 1. The predicted octanol–water partition coefficient (Wildman–Crippen LogP) is 10.7. The topological polar surface area (TPSA) is 198 Å². The van der Waals surface area contributed by atoms with Gasteiger partial charge in [-0.2, -0.15) is 0 Å². The Balaban J connectivity index is 0.000000197. The van der Waals surface area contributed by atoms with Crippen LogP contribution in [0.4, 0.5) is 37.5 Å². The van der Waals surface area contributed by atoms with E-state index in [9.17, 15) is 17.8 Å². The van der Waals surface area contributed by atoms with Gasteiger partial charge in [-0.15, -0.1) is 0 Å². The van der Waals surface area contributed by atoms with Gasteiger partial charge in [0.1, 0.15) is 65.6 Å². The number of morpholine rings is 1. The molecular formula is C52H49Cl2F2N9O7S. The molecule has 5 N–H and O–H groups in total. The third kappa shape index (κ3) is 14.8. The van der Waals surface area contributed by atoms with E-state index in [1.165, 1.54) is 43.0 Å². The minimum absolute atomic E-state index is 0.00457. The highest BCUT2D eigenvalue weighted by molar-refractivity contribution is 7.79. The van der Waals surface area contributed by atoms with Crippen molar-refractivity contribution in [3.63, 3.8) is 0 Å². The molecule has 0 spiro atoms. The molecule has 1 aliphatic heterocycles. The molecule has 1 unspecified atom stereocenters. The number of carbonyl (C=O) groups is 1. The summed E-state index contributed by atoms with van der Waals surface area (Å²) in [6.07, 6.45) is 4.92. The largest absolute Gasteiger partial charge is 0.491 e. The fourth-order valence-corrected chi connectivity index (χ4v) is 8.25. The normalized spacial score (nSPS) is 12.9. The molecule has 73 heavy (non-hydrogen) atoms. The molecule has 1 fully saturated rings. The Morgan fingerprint density at radius 1 is 0.822 bits per heavy atom. The van der Waals surface area contributed by atoms with Crippen molar-refractivity contribution in [1.82, 2.24) is 30.2 Å². The Kier molecular flexibility index (Phi) is 18.3. The molecule has 5 aromatic carbocycles. The minimum Gasteiger partial charge on any atom is -0.491 e. The van der Waals surface area contributed by atoms with Gasteiger partial charge in [-0.1, -0.05) is 41.9 Å². The Labute approximate surface area is 431 Å². The number of nitrogens with zero attached hydrogens (tertiary/aromatic N) is 5. The molecule has 1 saturated heterocycles. The van der Waals surface area contributed by atoms with E-state index in [4.69, 9.17) is 46.4 Å². The van der Waals surface area contributed by atoms with Crippen molar-refractivity contribution in [3.05, 3.63) is 161 Å². The highest BCUT2D eigenvalue weighted by Crippen LogP contribution is 2.35. The van der Waals surface area contributed by atoms with Gasteiger partial charge in [-0.25, -0.2) is 32.9 Å². The third-order valence-electron chi connectivity index (χ3n) is 11.2. The molecule has 16 nitrogen and oxygen atoms in total. The number of halogens is 4. The van der Waals surface area contributed by atoms with Crippen molar-refractivity contribution < 1.29 is 41.0 Å². The predicted molar refractivity (Wildman–Crippen MR) is 280 cm³/mol. The summed E-state index contributed by atoms with van der Waals surface area (Å²) in [7, 11) is 0. The fourth-order valence-electron chi connectivity index (χ4n) is 7.52. The summed E-state index contributed by atoms with van der Waals surface area (Å²) in [6, 6.07) is 28.8. The lowest BCUT2D eigenvalue weighted by Gasteiger charge is -2.26. The highest BCUT2D eigenvalue weighted by atomic mass is 35.5. The smallest absolute Gasteiger partial charge is 0.247 e. The Hall–Kier alpha value is -7.10. The van der Waals surface area contributed by atoms with E-state index in [-0.39, 0.29) is 29.1 Å². The van der Waals surface area contributed by atoms with Gasteiger partial charge in [0, 0.05) is 60.0 Å². The van der Waals surface area contributed by atoms with E-state index < -0.39 is 16.9 Å². The first-order chi connectivity index (χ1) is 35.5. The van der Waals surface area contributed by atoms with Crippen LogP contribution in [0.3, 0.4) is 0 Å². The number of rotatable bonds is 20. The molecule has 3 aromatic heterocycles. The summed E-state index contributed by atoms with van der Waals surface area (Å²) in [6.45, 7) is 9.29. The van der Waals surface area contributed by atoms with Crippen LogP contribution in [0.25, 0.3) is 33.1 Å². The molecule has 1 atom stereocenters. The van der Waals surface area contributed by atoms with Crippen molar-refractivity contribution in [3.8, 4) is 22.8 Å². The van der Waals surface area contributed by atoms with E-state index in [1.807, 2.05) is 36.4 Å². The van der Waals surface area contributed by atoms with Crippen LogP contribution in [-0.2, 0) is 33.8 Å². The zero-order valence-electron chi connectivity index (χ0n) is 39.1. The van der Waals surface area contributed by atoms with E-state index in [1.54, 1.807) is 42.5 Å². The summed E-state index contributed by atoms with van der Waals surface area (Å²) in [5, 5.41) is 14.1. The number of benzene rings is 5. The van der Waals surface area contributed by atoms with Crippen molar-refractivity contribution in [2.45, 2.75) is 19.6 Å². The van der Waals surface area contributed by atoms with Crippen LogP contribution in [0.5, 0.6) is 11.5 Å². The van der Waals surface area contributed by atoms with Gasteiger partial charge in [0.25, 0.3) is 0 Å². The molecule has 8 aromatic rings. The SMILES string of the molecule is C=CC(=O)Nc1cc2c(Nc3ccc(F)c(Cl)c3)ncnc2cc1OCCCN1CCOCC1.O=S(O)CCNCc1ccc(-c2ccc3ncnc(Nc4ccc(OCc5cccc(F)c5)c(Cl)c4)c3c2)o1. The van der Waals surface area contributed by atoms with Crippen LogP contribution in [-0.4, -0.2) is 91.3 Å². The van der Waals surface area contributed by atoms with Gasteiger partial charge >= 0.3 is 0 Å². The number of ether oxygens (including phenoxy) is 3. The van der Waals surface area contributed by atoms with Gasteiger partial charge in [0.2, 0.25) is 5.91 Å². The van der Waals surface area contributed by atoms with Gasteiger partial charge in [-0.3, -0.25) is 9.69 Å². The van der Waals surface area contributed by atoms with Gasteiger partial charge in [0.15, 0.2) is 11.1 Å². The number of anilines is 5. The lowest BCUT2D eigenvalue weighted by Crippen LogP contribution is -2.37. The fraction of sp³-hybridized carbons (Fsp3) is 0.212. The lowest BCUT2D eigenvalue weighted by atomic mass is 10.1. The zero-order valence-corrected chi connectivity index (χ0v) is 41.4.